The summed E-state index contributed by atoms with van der Waals surface area (Å²) in [4.78, 5) is 29.6. The molecule has 2 fully saturated rings. The van der Waals surface area contributed by atoms with E-state index in [9.17, 15) is 9.59 Å². The second-order valence-corrected chi connectivity index (χ2v) is 10.9. The van der Waals surface area contributed by atoms with Crippen molar-refractivity contribution in [1.82, 2.24) is 15.1 Å². The van der Waals surface area contributed by atoms with Crippen molar-refractivity contribution in [2.45, 2.75) is 37.8 Å². The Balaban J connectivity index is 1.16. The number of halogens is 1. The number of carbonyl (C=O) groups excluding carboxylic acids is 2. The zero-order valence-corrected chi connectivity index (χ0v) is 21.7. The summed E-state index contributed by atoms with van der Waals surface area (Å²) >= 11 is 7.61. The van der Waals surface area contributed by atoms with Gasteiger partial charge in [-0.15, -0.1) is 11.8 Å². The van der Waals surface area contributed by atoms with Crippen LogP contribution in [-0.2, 0) is 24.4 Å². The topological polar surface area (TPSA) is 52.7 Å². The lowest BCUT2D eigenvalue weighted by Crippen LogP contribution is -2.27. The van der Waals surface area contributed by atoms with Gasteiger partial charge >= 0.3 is 0 Å². The van der Waals surface area contributed by atoms with Crippen LogP contribution in [0.3, 0.4) is 0 Å². The fraction of sp³-hybridized carbons (Fsp3) is 0.310. The van der Waals surface area contributed by atoms with Crippen molar-refractivity contribution in [2.24, 2.45) is 0 Å². The number of nitrogens with one attached hydrogen (secondary N) is 1. The predicted octanol–water partition coefficient (Wildman–Crippen LogP) is 5.64. The van der Waals surface area contributed by atoms with Crippen LogP contribution in [0, 0.1) is 0 Å². The molecule has 0 bridgehead atoms. The van der Waals surface area contributed by atoms with Crippen molar-refractivity contribution in [3.63, 3.8) is 0 Å². The van der Waals surface area contributed by atoms with Gasteiger partial charge in [0.05, 0.1) is 5.75 Å². The van der Waals surface area contributed by atoms with Crippen LogP contribution in [-0.4, -0.2) is 40.5 Å². The van der Waals surface area contributed by atoms with Gasteiger partial charge in [-0.2, -0.15) is 0 Å². The molecule has 2 saturated heterocycles. The summed E-state index contributed by atoms with van der Waals surface area (Å²) in [6.45, 7) is 4.40. The minimum atomic E-state index is -0.101. The number of hydrogen-bond acceptors (Lipinski definition) is 4. The van der Waals surface area contributed by atoms with Crippen LogP contribution in [0.2, 0.25) is 5.02 Å². The second-order valence-electron chi connectivity index (χ2n) is 9.42. The minimum absolute atomic E-state index is 0.0654. The molecule has 36 heavy (non-hydrogen) atoms. The highest BCUT2D eigenvalue weighted by Crippen LogP contribution is 2.39. The molecule has 3 aromatic carbocycles. The van der Waals surface area contributed by atoms with E-state index < -0.39 is 0 Å². The number of amides is 2. The van der Waals surface area contributed by atoms with E-state index in [0.717, 1.165) is 23.2 Å². The zero-order chi connectivity index (χ0) is 24.9. The Labute approximate surface area is 221 Å². The van der Waals surface area contributed by atoms with Gasteiger partial charge in [-0.05, 0) is 72.5 Å². The molecule has 2 aliphatic heterocycles. The van der Waals surface area contributed by atoms with Gasteiger partial charge in [0, 0.05) is 30.2 Å². The monoisotopic (exact) mass is 519 g/mol. The van der Waals surface area contributed by atoms with Crippen LogP contribution < -0.4 is 5.32 Å². The highest BCUT2D eigenvalue weighted by Gasteiger charge is 2.32. The largest absolute Gasteiger partial charge is 0.348 e. The van der Waals surface area contributed by atoms with Crippen molar-refractivity contribution in [1.29, 1.82) is 0 Å². The summed E-state index contributed by atoms with van der Waals surface area (Å²) in [5, 5.41) is 3.64. The Morgan fingerprint density at radius 2 is 1.47 bits per heavy atom. The zero-order valence-electron chi connectivity index (χ0n) is 20.2. The number of likely N-dealkylation sites (tertiary alicyclic amines) is 1. The van der Waals surface area contributed by atoms with E-state index in [1.807, 2.05) is 53.4 Å². The molecule has 5 rings (SSSR count). The van der Waals surface area contributed by atoms with Gasteiger partial charge in [0.1, 0.15) is 5.37 Å². The molecule has 3 aromatic rings. The normalized spacial score (nSPS) is 18.1. The van der Waals surface area contributed by atoms with Gasteiger partial charge in [-0.1, -0.05) is 60.1 Å². The van der Waals surface area contributed by atoms with Crippen molar-refractivity contribution >= 4 is 35.2 Å². The summed E-state index contributed by atoms with van der Waals surface area (Å²) in [6.07, 6.45) is 2.59. The molecular formula is C29H30ClN3O2S. The van der Waals surface area contributed by atoms with E-state index in [2.05, 4.69) is 34.5 Å². The molecule has 0 saturated carbocycles. The summed E-state index contributed by atoms with van der Waals surface area (Å²) in [5.41, 5.74) is 5.08. The Morgan fingerprint density at radius 3 is 2.17 bits per heavy atom. The molecule has 5 nitrogen and oxygen atoms in total. The molecule has 0 aromatic heterocycles. The van der Waals surface area contributed by atoms with Crippen LogP contribution in [0.25, 0.3) is 0 Å². The van der Waals surface area contributed by atoms with Crippen LogP contribution in [0.1, 0.15) is 50.8 Å². The molecule has 7 heteroatoms. The molecule has 0 spiro atoms. The Hall–Kier alpha value is -2.80. The van der Waals surface area contributed by atoms with E-state index in [-0.39, 0.29) is 17.2 Å². The summed E-state index contributed by atoms with van der Waals surface area (Å²) < 4.78 is 0. The van der Waals surface area contributed by atoms with Gasteiger partial charge < -0.3 is 10.2 Å². The first-order valence-electron chi connectivity index (χ1n) is 12.4. The number of hydrogen-bond donors (Lipinski definition) is 1. The van der Waals surface area contributed by atoms with E-state index >= 15 is 0 Å². The van der Waals surface area contributed by atoms with Crippen LogP contribution >= 0.6 is 23.4 Å². The second kappa shape index (κ2) is 11.5. The SMILES string of the molecule is O=C(NCc1ccc(CN2CCCC2)cc1)c1ccc([C@@H]2SCC(=O)N2Cc2ccc(Cl)cc2)cc1. The number of rotatable bonds is 8. The number of nitrogens with zero attached hydrogens (tertiary/aromatic N) is 2. The van der Waals surface area contributed by atoms with E-state index in [1.165, 1.54) is 31.5 Å². The van der Waals surface area contributed by atoms with Crippen LogP contribution in [0.4, 0.5) is 0 Å². The molecule has 186 valence electrons. The molecule has 0 aliphatic carbocycles. The molecule has 2 amide bonds. The maximum absolute atomic E-state index is 12.7. The van der Waals surface area contributed by atoms with Crippen molar-refractivity contribution in [2.75, 3.05) is 18.8 Å². The fourth-order valence-electron chi connectivity index (χ4n) is 4.73. The third-order valence-electron chi connectivity index (χ3n) is 6.77. The predicted molar refractivity (Wildman–Crippen MR) is 146 cm³/mol. The maximum atomic E-state index is 12.7. The maximum Gasteiger partial charge on any atom is 0.251 e. The van der Waals surface area contributed by atoms with Crippen molar-refractivity contribution in [3.8, 4) is 0 Å². The molecule has 1 N–H and O–H groups in total. The molecule has 0 unspecified atom stereocenters. The van der Waals surface area contributed by atoms with Crippen molar-refractivity contribution < 1.29 is 9.59 Å². The summed E-state index contributed by atoms with van der Waals surface area (Å²) in [5.74, 6) is 0.473. The van der Waals surface area contributed by atoms with Gasteiger partial charge in [0.2, 0.25) is 5.91 Å². The third kappa shape index (κ3) is 6.12. The summed E-state index contributed by atoms with van der Waals surface area (Å²) in [7, 11) is 0. The number of benzene rings is 3. The molecule has 2 heterocycles. The number of carbonyl (C=O) groups is 2. The quantitative estimate of drug-likeness (QED) is 0.418. The minimum Gasteiger partial charge on any atom is -0.348 e. The molecule has 1 atom stereocenters. The Kier molecular flexibility index (Phi) is 7.95. The fourth-order valence-corrected chi connectivity index (χ4v) is 6.05. The average molecular weight is 520 g/mol. The number of thioether (sulfide) groups is 1. The Bertz CT molecular complexity index is 1190. The van der Waals surface area contributed by atoms with E-state index in [4.69, 9.17) is 11.6 Å². The smallest absolute Gasteiger partial charge is 0.251 e. The van der Waals surface area contributed by atoms with Gasteiger partial charge in [0.15, 0.2) is 0 Å². The van der Waals surface area contributed by atoms with Crippen LogP contribution in [0.15, 0.2) is 72.8 Å². The highest BCUT2D eigenvalue weighted by atomic mass is 35.5. The third-order valence-corrected chi connectivity index (χ3v) is 8.28. The van der Waals surface area contributed by atoms with Crippen molar-refractivity contribution in [3.05, 3.63) is 106 Å². The van der Waals surface area contributed by atoms with Crippen LogP contribution in [0.5, 0.6) is 0 Å². The van der Waals surface area contributed by atoms with Gasteiger partial charge in [0.25, 0.3) is 5.91 Å². The lowest BCUT2D eigenvalue weighted by molar-refractivity contribution is -0.128. The summed E-state index contributed by atoms with van der Waals surface area (Å²) in [6, 6.07) is 23.7. The first-order chi connectivity index (χ1) is 17.5. The van der Waals surface area contributed by atoms with E-state index in [0.29, 0.717) is 29.4 Å². The lowest BCUT2D eigenvalue weighted by Gasteiger charge is -2.24. The molecule has 2 aliphatic rings. The lowest BCUT2D eigenvalue weighted by atomic mass is 10.1. The molecule has 0 radical (unpaired) electrons. The highest BCUT2D eigenvalue weighted by molar-refractivity contribution is 8.00. The van der Waals surface area contributed by atoms with E-state index in [1.54, 1.807) is 11.8 Å². The first kappa shape index (κ1) is 24.9. The first-order valence-corrected chi connectivity index (χ1v) is 13.8. The van der Waals surface area contributed by atoms with Gasteiger partial charge in [-0.3, -0.25) is 14.5 Å². The Morgan fingerprint density at radius 1 is 0.861 bits per heavy atom. The molecular weight excluding hydrogens is 490 g/mol. The average Bonchev–Trinajstić information content (AvgIpc) is 3.55. The van der Waals surface area contributed by atoms with Gasteiger partial charge in [-0.25, -0.2) is 0 Å². The standard InChI is InChI=1S/C29H30ClN3O2S/c30-26-13-7-23(8-14-26)19-33-27(34)20-36-29(33)25-11-9-24(10-12-25)28(35)31-17-21-3-5-22(6-4-21)18-32-15-1-2-16-32/h3-14,29H,1-2,15-20H2,(H,31,35)/t29-/m0/s1.